The largest absolute Gasteiger partial charge is 0.457 e. The van der Waals surface area contributed by atoms with Gasteiger partial charge in [-0.2, -0.15) is 0 Å². The Hall–Kier alpha value is -4.75. The summed E-state index contributed by atoms with van der Waals surface area (Å²) in [6.07, 6.45) is 0. The number of carbonyl (C=O) groups is 2. The second kappa shape index (κ2) is 13.4. The van der Waals surface area contributed by atoms with Crippen LogP contribution in [0.4, 0.5) is 5.69 Å². The average molecular weight is 535 g/mol. The summed E-state index contributed by atoms with van der Waals surface area (Å²) in [5.41, 5.74) is 10.6. The minimum atomic E-state index is -0.459. The molecule has 0 heterocycles. The molecule has 0 saturated carbocycles. The van der Waals surface area contributed by atoms with Crippen LogP contribution in [0.25, 0.3) is 11.1 Å². The fraction of sp³-hybridized carbons (Fsp3) is 0.182. The van der Waals surface area contributed by atoms with Gasteiger partial charge in [-0.15, -0.1) is 0 Å². The van der Waals surface area contributed by atoms with Gasteiger partial charge in [0.05, 0.1) is 5.56 Å². The number of amidine groups is 1. The van der Waals surface area contributed by atoms with Crippen LogP contribution in [-0.4, -0.2) is 24.3 Å². The first kappa shape index (κ1) is 28.3. The smallest absolute Gasteiger partial charge is 0.339 e. The van der Waals surface area contributed by atoms with E-state index in [4.69, 9.17) is 15.9 Å². The highest BCUT2D eigenvalue weighted by molar-refractivity contribution is 6.10. The van der Waals surface area contributed by atoms with Gasteiger partial charge in [-0.25, -0.2) is 4.79 Å². The van der Waals surface area contributed by atoms with Gasteiger partial charge in [-0.1, -0.05) is 74.5 Å². The summed E-state index contributed by atoms with van der Waals surface area (Å²) < 4.78 is 5.71. The van der Waals surface area contributed by atoms with Crippen LogP contribution in [0.2, 0.25) is 0 Å². The van der Waals surface area contributed by atoms with Gasteiger partial charge >= 0.3 is 5.97 Å². The quantitative estimate of drug-likeness (QED) is 0.107. The molecule has 7 heteroatoms. The van der Waals surface area contributed by atoms with Crippen LogP contribution in [-0.2, 0) is 17.9 Å². The third kappa shape index (κ3) is 7.42. The third-order valence-corrected chi connectivity index (χ3v) is 6.31. The number of benzene rings is 4. The number of hydrogen-bond acceptors (Lipinski definition) is 5. The Morgan fingerprint density at radius 1 is 0.825 bits per heavy atom. The molecule has 0 atom stereocenters. The summed E-state index contributed by atoms with van der Waals surface area (Å²) >= 11 is 0. The molecule has 0 fully saturated rings. The lowest BCUT2D eigenvalue weighted by Gasteiger charge is -2.16. The Balaban J connectivity index is 1.65. The van der Waals surface area contributed by atoms with Crippen LogP contribution >= 0.6 is 0 Å². The highest BCUT2D eigenvalue weighted by Crippen LogP contribution is 2.30. The number of ether oxygens (including phenoxy) is 1. The molecule has 5 N–H and O–H groups in total. The molecule has 0 aliphatic heterocycles. The molecule has 0 bridgehead atoms. The summed E-state index contributed by atoms with van der Waals surface area (Å²) in [6.45, 7) is 5.89. The lowest BCUT2D eigenvalue weighted by Crippen LogP contribution is -2.19. The fourth-order valence-electron chi connectivity index (χ4n) is 4.26. The molecule has 204 valence electrons. The van der Waals surface area contributed by atoms with E-state index in [1.807, 2.05) is 60.7 Å². The molecule has 4 aromatic carbocycles. The second-order valence-corrected chi connectivity index (χ2v) is 9.96. The molecular weight excluding hydrogens is 500 g/mol. The number of nitrogen functional groups attached to an aromatic ring is 1. The maximum atomic E-state index is 13.4. The molecule has 4 aromatic rings. The molecule has 7 nitrogen and oxygen atoms in total. The molecule has 0 radical (unpaired) electrons. The molecule has 0 spiro atoms. The second-order valence-electron chi connectivity index (χ2n) is 9.96. The Bertz CT molecular complexity index is 1480. The van der Waals surface area contributed by atoms with Crippen molar-refractivity contribution in [3.8, 4) is 11.1 Å². The van der Waals surface area contributed by atoms with Crippen LogP contribution in [0.5, 0.6) is 0 Å². The van der Waals surface area contributed by atoms with E-state index in [9.17, 15) is 9.59 Å². The van der Waals surface area contributed by atoms with Gasteiger partial charge in [0.15, 0.2) is 0 Å². The normalized spacial score (nSPS) is 10.8. The zero-order valence-electron chi connectivity index (χ0n) is 22.7. The molecule has 0 aliphatic rings. The van der Waals surface area contributed by atoms with Crippen LogP contribution in [0.15, 0.2) is 97.1 Å². The molecule has 0 saturated heterocycles. The van der Waals surface area contributed by atoms with Crippen molar-refractivity contribution < 1.29 is 14.3 Å². The summed E-state index contributed by atoms with van der Waals surface area (Å²) in [6, 6.07) is 29.1. The highest BCUT2D eigenvalue weighted by atomic mass is 16.5. The molecule has 0 aromatic heterocycles. The topological polar surface area (TPSA) is 117 Å². The van der Waals surface area contributed by atoms with Crippen molar-refractivity contribution >= 4 is 23.4 Å². The number of amides is 1. The third-order valence-electron chi connectivity index (χ3n) is 6.31. The maximum Gasteiger partial charge on any atom is 0.339 e. The predicted octanol–water partition coefficient (Wildman–Crippen LogP) is 5.99. The van der Waals surface area contributed by atoms with Crippen molar-refractivity contribution in [2.75, 3.05) is 11.9 Å². The van der Waals surface area contributed by atoms with E-state index in [0.717, 1.165) is 17.7 Å². The van der Waals surface area contributed by atoms with Gasteiger partial charge in [-0.05, 0) is 71.1 Å². The lowest BCUT2D eigenvalue weighted by atomic mass is 9.93. The summed E-state index contributed by atoms with van der Waals surface area (Å²) in [5.74, 6) is -0.326. The van der Waals surface area contributed by atoms with E-state index in [1.165, 1.54) is 0 Å². The Kier molecular flexibility index (Phi) is 9.44. The Labute approximate surface area is 234 Å². The van der Waals surface area contributed by atoms with Gasteiger partial charge in [-0.3, -0.25) is 10.2 Å². The Morgan fingerprint density at radius 3 is 2.20 bits per heavy atom. The first-order chi connectivity index (χ1) is 19.3. The van der Waals surface area contributed by atoms with Gasteiger partial charge < -0.3 is 21.1 Å². The predicted molar refractivity (Wildman–Crippen MR) is 159 cm³/mol. The number of hydrogen-bond donors (Lipinski definition) is 4. The highest BCUT2D eigenvalue weighted by Gasteiger charge is 2.20. The van der Waals surface area contributed by atoms with Gasteiger partial charge in [0.1, 0.15) is 12.4 Å². The van der Waals surface area contributed by atoms with Crippen LogP contribution in [0, 0.1) is 11.3 Å². The Morgan fingerprint density at radius 2 is 1.50 bits per heavy atom. The molecular formula is C33H34N4O3. The molecule has 1 amide bonds. The van der Waals surface area contributed by atoms with Crippen LogP contribution in [0.3, 0.4) is 0 Å². The number of nitrogens with two attached hydrogens (primary N) is 1. The van der Waals surface area contributed by atoms with Gasteiger partial charge in [0.25, 0.3) is 5.91 Å². The van der Waals surface area contributed by atoms with Crippen molar-refractivity contribution in [1.29, 1.82) is 5.41 Å². The molecule has 40 heavy (non-hydrogen) atoms. The zero-order chi connectivity index (χ0) is 28.5. The van der Waals surface area contributed by atoms with Crippen molar-refractivity contribution in [3.05, 3.63) is 125 Å². The first-order valence-electron chi connectivity index (χ1n) is 13.2. The first-order valence-corrected chi connectivity index (χ1v) is 13.2. The molecule has 4 rings (SSSR count). The van der Waals surface area contributed by atoms with Crippen LogP contribution in [0.1, 0.15) is 51.3 Å². The SMILES string of the molecule is CC(C)CNCc1ccc(-c2ccccc2C(=O)Nc2ccc(C(=N)N)cc2)c(C(=O)OCc2ccccc2)c1. The minimum absolute atomic E-state index is 0.0437. The standard InChI is InChI=1S/C33H34N4O3/c1-22(2)19-36-20-24-12-17-28(30(18-24)33(39)40-21-23-8-4-3-5-9-23)27-10-6-7-11-29(27)32(38)37-26-15-13-25(14-16-26)31(34)35/h3-18,22,36H,19-21H2,1-2H3,(H3,34,35)(H,37,38). The van der Waals surface area contributed by atoms with Crippen molar-refractivity contribution in [2.24, 2.45) is 11.7 Å². The number of rotatable bonds is 11. The van der Waals surface area contributed by atoms with Crippen molar-refractivity contribution in [2.45, 2.75) is 27.0 Å². The van der Waals surface area contributed by atoms with Crippen molar-refractivity contribution in [3.63, 3.8) is 0 Å². The van der Waals surface area contributed by atoms with Gasteiger partial charge in [0.2, 0.25) is 0 Å². The average Bonchev–Trinajstić information content (AvgIpc) is 2.96. The van der Waals surface area contributed by atoms with Crippen molar-refractivity contribution in [1.82, 2.24) is 5.32 Å². The summed E-state index contributed by atoms with van der Waals surface area (Å²) in [4.78, 5) is 26.8. The summed E-state index contributed by atoms with van der Waals surface area (Å²) in [5, 5.41) is 13.9. The lowest BCUT2D eigenvalue weighted by molar-refractivity contribution is 0.0473. The minimum Gasteiger partial charge on any atom is -0.457 e. The van der Waals surface area contributed by atoms with E-state index in [1.54, 1.807) is 36.4 Å². The van der Waals surface area contributed by atoms with Gasteiger partial charge in [0, 0.05) is 23.4 Å². The zero-order valence-corrected chi connectivity index (χ0v) is 22.7. The number of nitrogens with one attached hydrogen (secondary N) is 3. The monoisotopic (exact) mass is 534 g/mol. The number of carbonyl (C=O) groups excluding carboxylic acids is 2. The van der Waals surface area contributed by atoms with E-state index >= 15 is 0 Å². The fourth-order valence-corrected chi connectivity index (χ4v) is 4.26. The van der Waals surface area contributed by atoms with Crippen LogP contribution < -0.4 is 16.4 Å². The van der Waals surface area contributed by atoms with E-state index in [2.05, 4.69) is 24.5 Å². The molecule has 0 unspecified atom stereocenters. The number of esters is 1. The van der Waals surface area contributed by atoms with E-state index in [-0.39, 0.29) is 18.3 Å². The molecule has 0 aliphatic carbocycles. The van der Waals surface area contributed by atoms with E-state index < -0.39 is 5.97 Å². The number of anilines is 1. The van der Waals surface area contributed by atoms with E-state index in [0.29, 0.717) is 46.0 Å². The maximum absolute atomic E-state index is 13.4. The summed E-state index contributed by atoms with van der Waals surface area (Å²) in [7, 11) is 0.